The molecular formula is C14H16ClN5S. The van der Waals surface area contributed by atoms with Crippen LogP contribution in [-0.2, 0) is 13.0 Å². The average molecular weight is 322 g/mol. The van der Waals surface area contributed by atoms with Gasteiger partial charge >= 0.3 is 0 Å². The van der Waals surface area contributed by atoms with E-state index in [-0.39, 0.29) is 5.28 Å². The molecule has 1 fully saturated rings. The van der Waals surface area contributed by atoms with Gasteiger partial charge in [0.15, 0.2) is 0 Å². The van der Waals surface area contributed by atoms with Crippen molar-refractivity contribution in [1.82, 2.24) is 15.0 Å². The molecule has 0 N–H and O–H groups in total. The van der Waals surface area contributed by atoms with Gasteiger partial charge in [-0.25, -0.2) is 0 Å². The molecule has 0 aromatic carbocycles. The van der Waals surface area contributed by atoms with Crippen LogP contribution >= 0.6 is 22.9 Å². The summed E-state index contributed by atoms with van der Waals surface area (Å²) in [6.45, 7) is 3.81. The zero-order chi connectivity index (χ0) is 14.2. The third-order valence-electron chi connectivity index (χ3n) is 4.06. The van der Waals surface area contributed by atoms with Crippen molar-refractivity contribution in [3.8, 4) is 0 Å². The number of anilines is 2. The summed E-state index contributed by atoms with van der Waals surface area (Å²) in [5.74, 6) is 1.42. The second-order valence-electron chi connectivity index (χ2n) is 5.44. The van der Waals surface area contributed by atoms with Gasteiger partial charge in [0.25, 0.3) is 0 Å². The van der Waals surface area contributed by atoms with Gasteiger partial charge < -0.3 is 9.80 Å². The maximum Gasteiger partial charge on any atom is 0.231 e. The molecule has 1 saturated heterocycles. The summed E-state index contributed by atoms with van der Waals surface area (Å²) < 4.78 is 0. The first-order chi connectivity index (χ1) is 10.3. The monoisotopic (exact) mass is 321 g/mol. The largest absolute Gasteiger partial charge is 0.341 e. The highest BCUT2D eigenvalue weighted by molar-refractivity contribution is 7.10. The molecule has 110 valence electrons. The first-order valence-electron chi connectivity index (χ1n) is 7.26. The van der Waals surface area contributed by atoms with Gasteiger partial charge in [-0.3, -0.25) is 0 Å². The fourth-order valence-electron chi connectivity index (χ4n) is 2.95. The number of hydrogen-bond acceptors (Lipinski definition) is 6. The molecule has 2 aliphatic heterocycles. The molecule has 0 bridgehead atoms. The Bertz CT molecular complexity index is 653. The Morgan fingerprint density at radius 2 is 1.76 bits per heavy atom. The Morgan fingerprint density at radius 1 is 1.00 bits per heavy atom. The lowest BCUT2D eigenvalue weighted by molar-refractivity contribution is 0.710. The molecule has 2 aromatic rings. The van der Waals surface area contributed by atoms with Crippen molar-refractivity contribution in [3.63, 3.8) is 0 Å². The molecule has 2 aromatic heterocycles. The fourth-order valence-corrected chi connectivity index (χ4v) is 3.99. The summed E-state index contributed by atoms with van der Waals surface area (Å²) in [4.78, 5) is 19.1. The van der Waals surface area contributed by atoms with Gasteiger partial charge in [-0.05, 0) is 47.9 Å². The zero-order valence-corrected chi connectivity index (χ0v) is 13.2. The summed E-state index contributed by atoms with van der Waals surface area (Å²) in [6.07, 6.45) is 3.44. The van der Waals surface area contributed by atoms with Crippen molar-refractivity contribution in [2.24, 2.45) is 0 Å². The molecule has 0 saturated carbocycles. The Labute approximate surface area is 132 Å². The van der Waals surface area contributed by atoms with E-state index in [0.717, 1.165) is 38.5 Å². The Kier molecular flexibility index (Phi) is 3.43. The second kappa shape index (κ2) is 5.42. The number of hydrogen-bond donors (Lipinski definition) is 0. The van der Waals surface area contributed by atoms with Crippen molar-refractivity contribution in [3.05, 3.63) is 27.2 Å². The van der Waals surface area contributed by atoms with Crippen LogP contribution in [0.2, 0.25) is 5.28 Å². The summed E-state index contributed by atoms with van der Waals surface area (Å²) in [5.41, 5.74) is 1.38. The smallest absolute Gasteiger partial charge is 0.231 e. The highest BCUT2D eigenvalue weighted by Crippen LogP contribution is 2.27. The van der Waals surface area contributed by atoms with Crippen LogP contribution in [0.25, 0.3) is 0 Å². The van der Waals surface area contributed by atoms with E-state index < -0.39 is 0 Å². The number of nitrogens with zero attached hydrogens (tertiary/aromatic N) is 5. The first kappa shape index (κ1) is 13.3. The maximum absolute atomic E-state index is 6.11. The molecule has 4 heterocycles. The minimum Gasteiger partial charge on any atom is -0.341 e. The van der Waals surface area contributed by atoms with Gasteiger partial charge in [0.05, 0.1) is 0 Å². The summed E-state index contributed by atoms with van der Waals surface area (Å²) in [5, 5.41) is 2.45. The minimum absolute atomic E-state index is 0.290. The van der Waals surface area contributed by atoms with E-state index in [4.69, 9.17) is 11.6 Å². The molecule has 21 heavy (non-hydrogen) atoms. The fraction of sp³-hybridized carbons (Fsp3) is 0.500. The number of aromatic nitrogens is 3. The molecule has 0 amide bonds. The number of halogens is 1. The molecule has 0 atom stereocenters. The van der Waals surface area contributed by atoms with Crippen LogP contribution in [0.3, 0.4) is 0 Å². The van der Waals surface area contributed by atoms with Gasteiger partial charge in [-0.15, -0.1) is 11.3 Å². The molecule has 0 radical (unpaired) electrons. The minimum atomic E-state index is 0.290. The molecule has 4 rings (SSSR count). The first-order valence-corrected chi connectivity index (χ1v) is 8.52. The molecule has 0 unspecified atom stereocenters. The van der Waals surface area contributed by atoms with Crippen molar-refractivity contribution in [2.75, 3.05) is 29.4 Å². The molecule has 2 aliphatic rings. The SMILES string of the molecule is Clc1nc(N2CCCC2)nc(N2CCc3sccc3C2)n1. The highest BCUT2D eigenvalue weighted by atomic mass is 35.5. The van der Waals surface area contributed by atoms with Crippen LogP contribution in [0.5, 0.6) is 0 Å². The topological polar surface area (TPSA) is 45.2 Å². The molecular weight excluding hydrogens is 306 g/mol. The predicted molar refractivity (Wildman–Crippen MR) is 85.4 cm³/mol. The summed E-state index contributed by atoms with van der Waals surface area (Å²) in [7, 11) is 0. The van der Waals surface area contributed by atoms with E-state index in [9.17, 15) is 0 Å². The van der Waals surface area contributed by atoms with Gasteiger partial charge in [-0.1, -0.05) is 0 Å². The normalized spacial score (nSPS) is 18.1. The van der Waals surface area contributed by atoms with Crippen molar-refractivity contribution in [1.29, 1.82) is 0 Å². The number of thiophene rings is 1. The Hall–Kier alpha value is -1.40. The van der Waals surface area contributed by atoms with Gasteiger partial charge in [-0.2, -0.15) is 15.0 Å². The lowest BCUT2D eigenvalue weighted by Crippen LogP contribution is -2.32. The predicted octanol–water partition coefficient (Wildman–Crippen LogP) is 2.75. The van der Waals surface area contributed by atoms with Crippen LogP contribution in [0.4, 0.5) is 11.9 Å². The number of rotatable bonds is 2. The van der Waals surface area contributed by atoms with E-state index in [1.165, 1.54) is 23.3 Å². The van der Waals surface area contributed by atoms with Crippen molar-refractivity contribution in [2.45, 2.75) is 25.8 Å². The molecule has 0 aliphatic carbocycles. The van der Waals surface area contributed by atoms with E-state index in [2.05, 4.69) is 36.2 Å². The van der Waals surface area contributed by atoms with Gasteiger partial charge in [0.1, 0.15) is 0 Å². The average Bonchev–Trinajstić information content (AvgIpc) is 3.17. The van der Waals surface area contributed by atoms with Gasteiger partial charge in [0, 0.05) is 31.1 Å². The number of fused-ring (bicyclic) bond motifs is 1. The lowest BCUT2D eigenvalue weighted by Gasteiger charge is -2.27. The van der Waals surface area contributed by atoms with Crippen LogP contribution in [0.1, 0.15) is 23.3 Å². The molecule has 7 heteroatoms. The van der Waals surface area contributed by atoms with E-state index in [1.807, 2.05) is 11.3 Å². The standard InChI is InChI=1S/C14H16ClN5S/c15-12-16-13(19-5-1-2-6-19)18-14(17-12)20-7-3-11-10(9-20)4-8-21-11/h4,8H,1-3,5-7,9H2. The van der Waals surface area contributed by atoms with Crippen LogP contribution in [0.15, 0.2) is 11.4 Å². The second-order valence-corrected chi connectivity index (χ2v) is 6.78. The zero-order valence-electron chi connectivity index (χ0n) is 11.6. The summed E-state index contributed by atoms with van der Waals surface area (Å²) >= 11 is 7.95. The van der Waals surface area contributed by atoms with Crippen molar-refractivity contribution < 1.29 is 0 Å². The van der Waals surface area contributed by atoms with E-state index in [0.29, 0.717) is 5.95 Å². The Morgan fingerprint density at radius 3 is 2.57 bits per heavy atom. The maximum atomic E-state index is 6.11. The van der Waals surface area contributed by atoms with E-state index in [1.54, 1.807) is 0 Å². The van der Waals surface area contributed by atoms with Gasteiger partial charge in [0.2, 0.25) is 17.2 Å². The highest BCUT2D eigenvalue weighted by Gasteiger charge is 2.22. The lowest BCUT2D eigenvalue weighted by atomic mass is 10.1. The Balaban J connectivity index is 1.63. The molecule has 5 nitrogen and oxygen atoms in total. The third-order valence-corrected chi connectivity index (χ3v) is 5.26. The quantitative estimate of drug-likeness (QED) is 0.851. The molecule has 0 spiro atoms. The summed E-state index contributed by atoms with van der Waals surface area (Å²) in [6, 6.07) is 2.19. The van der Waals surface area contributed by atoms with E-state index >= 15 is 0 Å². The van der Waals surface area contributed by atoms with Crippen LogP contribution < -0.4 is 9.80 Å². The van der Waals surface area contributed by atoms with Crippen LogP contribution in [0, 0.1) is 0 Å². The van der Waals surface area contributed by atoms with Crippen LogP contribution in [-0.4, -0.2) is 34.6 Å². The van der Waals surface area contributed by atoms with Crippen molar-refractivity contribution >= 4 is 34.8 Å². The third kappa shape index (κ3) is 2.58.